The average molecular weight is 405 g/mol. The zero-order valence-electron chi connectivity index (χ0n) is 14.0. The molecule has 2 aromatic carbocycles. The SMILES string of the molecule is C=C1c2ccccc2C(=O)N1CC(=O)OCC(=O)Nc1c(Cl)cccc1Cl. The fraction of sp³-hybridized carbons (Fsp3) is 0.105. The van der Waals surface area contributed by atoms with Gasteiger partial charge in [-0.05, 0) is 18.2 Å². The number of nitrogens with zero attached hydrogens (tertiary/aromatic N) is 1. The van der Waals surface area contributed by atoms with Crippen molar-refractivity contribution in [3.63, 3.8) is 0 Å². The maximum Gasteiger partial charge on any atom is 0.326 e. The topological polar surface area (TPSA) is 75.7 Å². The summed E-state index contributed by atoms with van der Waals surface area (Å²) in [5, 5.41) is 3.01. The van der Waals surface area contributed by atoms with Crippen molar-refractivity contribution in [2.24, 2.45) is 0 Å². The molecule has 0 saturated carbocycles. The third kappa shape index (κ3) is 3.97. The fourth-order valence-corrected chi connectivity index (χ4v) is 3.11. The minimum absolute atomic E-state index is 0.237. The van der Waals surface area contributed by atoms with E-state index in [0.29, 0.717) is 16.8 Å². The van der Waals surface area contributed by atoms with Gasteiger partial charge in [-0.3, -0.25) is 19.3 Å². The van der Waals surface area contributed by atoms with Gasteiger partial charge in [-0.1, -0.05) is 54.0 Å². The Balaban J connectivity index is 1.55. The molecule has 0 saturated heterocycles. The third-order valence-corrected chi connectivity index (χ3v) is 4.55. The van der Waals surface area contributed by atoms with Crippen LogP contribution in [0.15, 0.2) is 49.0 Å². The summed E-state index contributed by atoms with van der Waals surface area (Å²) >= 11 is 11.9. The molecule has 1 N–H and O–H groups in total. The number of halogens is 2. The second kappa shape index (κ2) is 7.82. The number of hydrogen-bond donors (Lipinski definition) is 1. The predicted molar refractivity (Wildman–Crippen MR) is 103 cm³/mol. The van der Waals surface area contributed by atoms with Gasteiger partial charge in [-0.2, -0.15) is 0 Å². The molecule has 1 aliphatic rings. The molecule has 0 aliphatic carbocycles. The van der Waals surface area contributed by atoms with Crippen LogP contribution in [0, 0.1) is 0 Å². The van der Waals surface area contributed by atoms with E-state index in [1.54, 1.807) is 42.5 Å². The van der Waals surface area contributed by atoms with Crippen molar-refractivity contribution in [2.75, 3.05) is 18.5 Å². The molecule has 2 aromatic rings. The zero-order valence-corrected chi connectivity index (χ0v) is 15.5. The van der Waals surface area contributed by atoms with Crippen molar-refractivity contribution in [3.05, 3.63) is 70.2 Å². The molecule has 2 amide bonds. The number of benzene rings is 2. The van der Waals surface area contributed by atoms with E-state index >= 15 is 0 Å². The normalized spacial score (nSPS) is 12.7. The fourth-order valence-electron chi connectivity index (χ4n) is 2.62. The number of esters is 1. The minimum Gasteiger partial charge on any atom is -0.454 e. The number of rotatable bonds is 5. The van der Waals surface area contributed by atoms with Gasteiger partial charge in [-0.25, -0.2) is 0 Å². The van der Waals surface area contributed by atoms with Crippen molar-refractivity contribution in [1.29, 1.82) is 0 Å². The molecular formula is C19H14Cl2N2O4. The van der Waals surface area contributed by atoms with Crippen molar-refractivity contribution in [2.45, 2.75) is 0 Å². The van der Waals surface area contributed by atoms with Crippen LogP contribution in [-0.2, 0) is 14.3 Å². The van der Waals surface area contributed by atoms with Gasteiger partial charge in [0.15, 0.2) is 6.61 Å². The summed E-state index contributed by atoms with van der Waals surface area (Å²) in [7, 11) is 0. The Hall–Kier alpha value is -2.83. The highest BCUT2D eigenvalue weighted by Crippen LogP contribution is 2.31. The first-order chi connectivity index (χ1) is 12.9. The number of anilines is 1. The van der Waals surface area contributed by atoms with Crippen LogP contribution >= 0.6 is 23.2 Å². The van der Waals surface area contributed by atoms with E-state index in [1.165, 1.54) is 4.90 Å². The molecule has 0 atom stereocenters. The molecular weight excluding hydrogens is 391 g/mol. The standard InChI is InChI=1S/C19H14Cl2N2O4/c1-11-12-5-2-3-6-13(12)19(26)23(11)9-17(25)27-10-16(24)22-18-14(20)7-4-8-15(18)21/h2-8H,1,9-10H2,(H,22,24). The molecule has 0 radical (unpaired) electrons. The summed E-state index contributed by atoms with van der Waals surface area (Å²) in [5.74, 6) is -1.68. The van der Waals surface area contributed by atoms with Crippen LogP contribution in [0.4, 0.5) is 5.69 Å². The molecule has 6 nitrogen and oxygen atoms in total. The van der Waals surface area contributed by atoms with Crippen LogP contribution in [0.2, 0.25) is 10.0 Å². The maximum atomic E-state index is 12.3. The molecule has 3 rings (SSSR count). The van der Waals surface area contributed by atoms with Gasteiger partial charge in [0.25, 0.3) is 11.8 Å². The quantitative estimate of drug-likeness (QED) is 0.772. The first-order valence-corrected chi connectivity index (χ1v) is 8.63. The highest BCUT2D eigenvalue weighted by atomic mass is 35.5. The number of carbonyl (C=O) groups excluding carboxylic acids is 3. The molecule has 1 aliphatic heterocycles. The van der Waals surface area contributed by atoms with Crippen molar-refractivity contribution in [3.8, 4) is 0 Å². The van der Waals surface area contributed by atoms with Crippen molar-refractivity contribution in [1.82, 2.24) is 4.90 Å². The molecule has 0 aromatic heterocycles. The van der Waals surface area contributed by atoms with Crippen LogP contribution in [0.5, 0.6) is 0 Å². The van der Waals surface area contributed by atoms with Gasteiger partial charge in [0, 0.05) is 16.8 Å². The summed E-state index contributed by atoms with van der Waals surface area (Å²) in [5.41, 5.74) is 1.79. The maximum absolute atomic E-state index is 12.3. The Labute approximate surface area is 165 Å². The van der Waals surface area contributed by atoms with Crippen molar-refractivity contribution < 1.29 is 19.1 Å². The summed E-state index contributed by atoms with van der Waals surface area (Å²) in [6.45, 7) is 2.96. The van der Waals surface area contributed by atoms with E-state index in [0.717, 1.165) is 0 Å². The van der Waals surface area contributed by atoms with E-state index < -0.39 is 18.5 Å². The molecule has 0 spiro atoms. The smallest absolute Gasteiger partial charge is 0.326 e. The lowest BCUT2D eigenvalue weighted by atomic mass is 10.1. The Morgan fingerprint density at radius 2 is 1.67 bits per heavy atom. The third-order valence-electron chi connectivity index (χ3n) is 3.92. The van der Waals surface area contributed by atoms with Crippen LogP contribution in [0.25, 0.3) is 5.70 Å². The van der Waals surface area contributed by atoms with Crippen LogP contribution < -0.4 is 5.32 Å². The van der Waals surface area contributed by atoms with Crippen molar-refractivity contribution >= 4 is 52.4 Å². The number of para-hydroxylation sites is 1. The number of hydrogen-bond acceptors (Lipinski definition) is 4. The Morgan fingerprint density at radius 3 is 2.30 bits per heavy atom. The second-order valence-corrected chi connectivity index (χ2v) is 6.50. The van der Waals surface area contributed by atoms with Crippen LogP contribution in [0.1, 0.15) is 15.9 Å². The summed E-state index contributed by atoms with van der Waals surface area (Å²) in [4.78, 5) is 37.6. The summed E-state index contributed by atoms with van der Waals surface area (Å²) in [6.07, 6.45) is 0. The number of ether oxygens (including phenoxy) is 1. The summed E-state index contributed by atoms with van der Waals surface area (Å²) < 4.78 is 4.94. The zero-order chi connectivity index (χ0) is 19.6. The van der Waals surface area contributed by atoms with E-state index in [2.05, 4.69) is 11.9 Å². The lowest BCUT2D eigenvalue weighted by molar-refractivity contribution is -0.147. The second-order valence-electron chi connectivity index (χ2n) is 5.69. The lowest BCUT2D eigenvalue weighted by Crippen LogP contribution is -2.32. The van der Waals surface area contributed by atoms with Gasteiger partial charge in [0.05, 0.1) is 15.7 Å². The Morgan fingerprint density at radius 1 is 1.04 bits per heavy atom. The first kappa shape index (κ1) is 18.9. The molecule has 1 heterocycles. The lowest BCUT2D eigenvalue weighted by Gasteiger charge is -2.16. The number of nitrogens with one attached hydrogen (secondary N) is 1. The number of carbonyl (C=O) groups is 3. The van der Waals surface area contributed by atoms with Gasteiger partial charge in [0.2, 0.25) is 0 Å². The molecule has 27 heavy (non-hydrogen) atoms. The number of fused-ring (bicyclic) bond motifs is 1. The molecule has 8 heteroatoms. The van der Waals surface area contributed by atoms with Gasteiger partial charge in [0.1, 0.15) is 6.54 Å². The predicted octanol–water partition coefficient (Wildman–Crippen LogP) is 3.60. The average Bonchev–Trinajstić information content (AvgIpc) is 2.88. The van der Waals surface area contributed by atoms with Crippen LogP contribution in [0.3, 0.4) is 0 Å². The highest BCUT2D eigenvalue weighted by Gasteiger charge is 2.32. The first-order valence-electron chi connectivity index (χ1n) is 7.88. The minimum atomic E-state index is -0.738. The van der Waals surface area contributed by atoms with Crippen LogP contribution in [-0.4, -0.2) is 35.8 Å². The summed E-state index contributed by atoms with van der Waals surface area (Å²) in [6, 6.07) is 11.7. The molecule has 138 valence electrons. The molecule has 0 unspecified atom stereocenters. The molecule has 0 fully saturated rings. The highest BCUT2D eigenvalue weighted by molar-refractivity contribution is 6.39. The monoisotopic (exact) mass is 404 g/mol. The van der Waals surface area contributed by atoms with E-state index in [9.17, 15) is 14.4 Å². The van der Waals surface area contributed by atoms with E-state index in [4.69, 9.17) is 27.9 Å². The Kier molecular flexibility index (Phi) is 5.48. The number of amides is 2. The molecule has 0 bridgehead atoms. The largest absolute Gasteiger partial charge is 0.454 e. The van der Waals surface area contributed by atoms with Gasteiger partial charge < -0.3 is 10.1 Å². The van der Waals surface area contributed by atoms with E-state index in [-0.39, 0.29) is 28.2 Å². The van der Waals surface area contributed by atoms with E-state index in [1.807, 2.05) is 0 Å². The van der Waals surface area contributed by atoms with Gasteiger partial charge >= 0.3 is 5.97 Å². The Bertz CT molecular complexity index is 903. The van der Waals surface area contributed by atoms with Gasteiger partial charge in [-0.15, -0.1) is 0 Å².